The predicted molar refractivity (Wildman–Crippen MR) is 114 cm³/mol. The minimum absolute atomic E-state index is 0.0203. The van der Waals surface area contributed by atoms with Gasteiger partial charge in [0, 0.05) is 6.07 Å². The van der Waals surface area contributed by atoms with Gasteiger partial charge in [0.2, 0.25) is 5.75 Å². The zero-order valence-electron chi connectivity index (χ0n) is 17.3. The first-order valence-corrected chi connectivity index (χ1v) is 10.4. The molecule has 0 radical (unpaired) electrons. The largest absolute Gasteiger partial charge is 0.465 e. The molecule has 2 amide bonds. The summed E-state index contributed by atoms with van der Waals surface area (Å²) >= 11 is 0.611. The number of hydrogen-bond acceptors (Lipinski definition) is 8. The first kappa shape index (κ1) is 24.8. The molecule has 0 unspecified atom stereocenters. The fraction of sp³-hybridized carbons (Fsp3) is 0.190. The molecule has 13 heteroatoms. The third kappa shape index (κ3) is 5.73. The first-order valence-electron chi connectivity index (χ1n) is 9.54. The Bertz CT molecular complexity index is 1200. The number of thioether (sulfide) groups is 1. The molecule has 178 valence electrons. The molecular formula is C21H15F3N2O7S. The number of hydrogen-bond donors (Lipinski definition) is 0. The van der Waals surface area contributed by atoms with Crippen LogP contribution in [0, 0.1) is 10.1 Å². The maximum atomic E-state index is 12.9. The molecule has 2 aromatic carbocycles. The SMILES string of the molecule is CCOC(=O)CN1C(=O)S/C(=C/c2cccc(Oc3ccc(C(F)(F)F)cc3[N+](=O)[O-])c2)C1=O. The molecule has 9 nitrogen and oxygen atoms in total. The zero-order chi connectivity index (χ0) is 25.0. The van der Waals surface area contributed by atoms with Crippen LogP contribution >= 0.6 is 11.8 Å². The van der Waals surface area contributed by atoms with Crippen molar-refractivity contribution in [3.8, 4) is 11.5 Å². The summed E-state index contributed by atoms with van der Waals surface area (Å²) < 4.78 is 48.8. The average Bonchev–Trinajstić information content (AvgIpc) is 3.01. The standard InChI is InChI=1S/C21H15F3N2O7S/c1-2-32-18(27)11-25-19(28)17(34-20(25)29)9-12-4-3-5-14(8-12)33-16-7-6-13(21(22,23)24)10-15(16)26(30)31/h3-10H,2,11H2,1H3/b17-9+. The van der Waals surface area contributed by atoms with Gasteiger partial charge >= 0.3 is 17.8 Å². The monoisotopic (exact) mass is 496 g/mol. The number of nitro benzene ring substituents is 1. The van der Waals surface area contributed by atoms with Crippen molar-refractivity contribution < 1.29 is 42.0 Å². The summed E-state index contributed by atoms with van der Waals surface area (Å²) in [4.78, 5) is 47.2. The molecule has 1 fully saturated rings. The number of alkyl halides is 3. The van der Waals surface area contributed by atoms with Gasteiger partial charge in [0.25, 0.3) is 11.1 Å². The van der Waals surface area contributed by atoms with Crippen LogP contribution in [0.3, 0.4) is 0 Å². The van der Waals surface area contributed by atoms with Gasteiger partial charge in [-0.05, 0) is 54.6 Å². The van der Waals surface area contributed by atoms with Gasteiger partial charge in [-0.2, -0.15) is 13.2 Å². The molecule has 1 saturated heterocycles. The third-order valence-electron chi connectivity index (χ3n) is 4.33. The molecule has 0 atom stereocenters. The Morgan fingerprint density at radius 2 is 1.94 bits per heavy atom. The molecule has 0 spiro atoms. The van der Waals surface area contributed by atoms with E-state index in [4.69, 9.17) is 9.47 Å². The van der Waals surface area contributed by atoms with Gasteiger partial charge in [-0.3, -0.25) is 29.4 Å². The molecular weight excluding hydrogens is 481 g/mol. The smallest absolute Gasteiger partial charge is 0.416 e. The van der Waals surface area contributed by atoms with Crippen molar-refractivity contribution in [3.05, 3.63) is 68.6 Å². The number of nitrogens with zero attached hydrogens (tertiary/aromatic N) is 2. The van der Waals surface area contributed by atoms with E-state index in [2.05, 4.69) is 0 Å². The molecule has 0 N–H and O–H groups in total. The number of esters is 1. The van der Waals surface area contributed by atoms with Crippen LogP contribution in [-0.4, -0.2) is 40.1 Å². The molecule has 34 heavy (non-hydrogen) atoms. The van der Waals surface area contributed by atoms with Gasteiger partial charge in [-0.15, -0.1) is 0 Å². The Balaban J connectivity index is 1.83. The molecule has 0 bridgehead atoms. The molecule has 0 aromatic heterocycles. The Kier molecular flexibility index (Phi) is 7.25. The molecule has 3 rings (SSSR count). The Labute approximate surface area is 194 Å². The quantitative estimate of drug-likeness (QED) is 0.227. The van der Waals surface area contributed by atoms with Crippen molar-refractivity contribution in [3.63, 3.8) is 0 Å². The maximum absolute atomic E-state index is 12.9. The number of amides is 2. The van der Waals surface area contributed by atoms with Crippen molar-refractivity contribution >= 4 is 40.6 Å². The summed E-state index contributed by atoms with van der Waals surface area (Å²) in [5, 5.41) is 10.6. The van der Waals surface area contributed by atoms with Crippen LogP contribution in [0.4, 0.5) is 23.7 Å². The lowest BCUT2D eigenvalue weighted by atomic mass is 10.1. The van der Waals surface area contributed by atoms with Crippen molar-refractivity contribution in [2.75, 3.05) is 13.2 Å². The van der Waals surface area contributed by atoms with Crippen LogP contribution in [0.25, 0.3) is 6.08 Å². The molecule has 1 heterocycles. The minimum Gasteiger partial charge on any atom is -0.465 e. The van der Waals surface area contributed by atoms with Crippen LogP contribution in [0.5, 0.6) is 11.5 Å². The number of carbonyl (C=O) groups excluding carboxylic acids is 3. The molecule has 2 aromatic rings. The topological polar surface area (TPSA) is 116 Å². The van der Waals surface area contributed by atoms with E-state index in [-0.39, 0.29) is 17.3 Å². The van der Waals surface area contributed by atoms with Crippen molar-refractivity contribution in [1.29, 1.82) is 0 Å². The van der Waals surface area contributed by atoms with Gasteiger partial charge in [0.15, 0.2) is 0 Å². The summed E-state index contributed by atoms with van der Waals surface area (Å²) in [5.74, 6) is -1.81. The number of rotatable bonds is 7. The highest BCUT2D eigenvalue weighted by Gasteiger charge is 2.37. The summed E-state index contributed by atoms with van der Waals surface area (Å²) in [6, 6.07) is 7.69. The fourth-order valence-corrected chi connectivity index (χ4v) is 3.68. The number of nitro groups is 1. The van der Waals surface area contributed by atoms with Gasteiger partial charge in [0.1, 0.15) is 12.3 Å². The summed E-state index contributed by atoms with van der Waals surface area (Å²) in [5.41, 5.74) is -1.70. The van der Waals surface area contributed by atoms with Crippen LogP contribution in [-0.2, 0) is 20.5 Å². The highest BCUT2D eigenvalue weighted by Crippen LogP contribution is 2.38. The lowest BCUT2D eigenvalue weighted by Crippen LogP contribution is -2.34. The van der Waals surface area contributed by atoms with Gasteiger partial charge in [-0.1, -0.05) is 12.1 Å². The van der Waals surface area contributed by atoms with E-state index < -0.39 is 51.8 Å². The van der Waals surface area contributed by atoms with Crippen LogP contribution in [0.15, 0.2) is 47.4 Å². The van der Waals surface area contributed by atoms with E-state index >= 15 is 0 Å². The third-order valence-corrected chi connectivity index (χ3v) is 5.24. The van der Waals surface area contributed by atoms with Gasteiger partial charge < -0.3 is 9.47 Å². The first-order chi connectivity index (χ1) is 16.0. The maximum Gasteiger partial charge on any atom is 0.416 e. The average molecular weight is 496 g/mol. The van der Waals surface area contributed by atoms with Gasteiger partial charge in [0.05, 0.1) is 22.0 Å². The van der Waals surface area contributed by atoms with Crippen molar-refractivity contribution in [2.45, 2.75) is 13.1 Å². The van der Waals surface area contributed by atoms with Crippen molar-refractivity contribution in [2.24, 2.45) is 0 Å². The highest BCUT2D eigenvalue weighted by atomic mass is 32.2. The number of halogens is 3. The van der Waals surface area contributed by atoms with E-state index in [9.17, 15) is 37.7 Å². The number of ether oxygens (including phenoxy) is 2. The van der Waals surface area contributed by atoms with Crippen molar-refractivity contribution in [1.82, 2.24) is 4.90 Å². The second-order valence-electron chi connectivity index (χ2n) is 6.68. The minimum atomic E-state index is -4.76. The van der Waals surface area contributed by atoms with E-state index in [0.717, 1.165) is 11.0 Å². The lowest BCUT2D eigenvalue weighted by Gasteiger charge is -2.11. The van der Waals surface area contributed by atoms with E-state index in [1.54, 1.807) is 13.0 Å². The van der Waals surface area contributed by atoms with E-state index in [1.165, 1.54) is 24.3 Å². The second kappa shape index (κ2) is 9.95. The van der Waals surface area contributed by atoms with E-state index in [1.807, 2.05) is 0 Å². The van der Waals surface area contributed by atoms with Crippen LogP contribution in [0.2, 0.25) is 0 Å². The normalized spacial score (nSPS) is 15.1. The van der Waals surface area contributed by atoms with Gasteiger partial charge in [-0.25, -0.2) is 0 Å². The number of benzene rings is 2. The second-order valence-corrected chi connectivity index (χ2v) is 7.68. The van der Waals surface area contributed by atoms with Crippen LogP contribution in [0.1, 0.15) is 18.1 Å². The number of carbonyl (C=O) groups is 3. The molecule has 1 aliphatic heterocycles. The summed E-state index contributed by atoms with van der Waals surface area (Å²) in [6.45, 7) is 1.14. The highest BCUT2D eigenvalue weighted by molar-refractivity contribution is 8.18. The van der Waals surface area contributed by atoms with E-state index in [0.29, 0.717) is 29.5 Å². The molecule has 0 saturated carbocycles. The predicted octanol–water partition coefficient (Wildman–Crippen LogP) is 5.01. The summed E-state index contributed by atoms with van der Waals surface area (Å²) in [7, 11) is 0. The molecule has 0 aliphatic carbocycles. The molecule has 1 aliphatic rings. The summed E-state index contributed by atoms with van der Waals surface area (Å²) in [6.07, 6.45) is -3.41. The number of imide groups is 1. The zero-order valence-corrected chi connectivity index (χ0v) is 18.1. The van der Waals surface area contributed by atoms with Crippen LogP contribution < -0.4 is 4.74 Å². The fourth-order valence-electron chi connectivity index (χ4n) is 2.84. The Morgan fingerprint density at radius 3 is 2.59 bits per heavy atom. The Hall–Kier alpha value is -3.87. The lowest BCUT2D eigenvalue weighted by molar-refractivity contribution is -0.385. The Morgan fingerprint density at radius 1 is 1.21 bits per heavy atom.